The zero-order valence-corrected chi connectivity index (χ0v) is 13.8. The highest BCUT2D eigenvalue weighted by atomic mass is 19.1. The molecule has 0 unspecified atom stereocenters. The summed E-state index contributed by atoms with van der Waals surface area (Å²) in [5.74, 6) is 0.361. The molecule has 0 saturated heterocycles. The third-order valence-electron chi connectivity index (χ3n) is 3.75. The second-order valence-electron chi connectivity index (χ2n) is 5.78. The SMILES string of the molecule is Cc1ccc(CNC(=O)CCc2nc(-c3ccc(F)cc3)no2)cc1. The van der Waals surface area contributed by atoms with Gasteiger partial charge in [0.05, 0.1) is 0 Å². The number of carbonyl (C=O) groups excluding carboxylic acids is 1. The van der Waals surface area contributed by atoms with Crippen LogP contribution in [0, 0.1) is 12.7 Å². The summed E-state index contributed by atoms with van der Waals surface area (Å²) in [5, 5.41) is 6.72. The molecule has 1 amide bonds. The van der Waals surface area contributed by atoms with Gasteiger partial charge in [0.15, 0.2) is 0 Å². The van der Waals surface area contributed by atoms with Crippen LogP contribution < -0.4 is 5.32 Å². The molecule has 2 aromatic carbocycles. The molecule has 5 nitrogen and oxygen atoms in total. The van der Waals surface area contributed by atoms with Crippen LogP contribution in [0.25, 0.3) is 11.4 Å². The summed E-state index contributed by atoms with van der Waals surface area (Å²) in [6.45, 7) is 2.51. The van der Waals surface area contributed by atoms with Gasteiger partial charge in [-0.15, -0.1) is 0 Å². The molecule has 0 aliphatic heterocycles. The molecule has 3 aromatic rings. The minimum atomic E-state index is -0.322. The standard InChI is InChI=1S/C19H18FN3O2/c1-13-2-4-14(5-3-13)12-21-17(24)10-11-18-22-19(23-25-18)15-6-8-16(20)9-7-15/h2-9H,10-12H2,1H3,(H,21,24). The Labute approximate surface area is 144 Å². The number of hydrogen-bond acceptors (Lipinski definition) is 4. The normalized spacial score (nSPS) is 10.6. The molecule has 0 bridgehead atoms. The maximum atomic E-state index is 12.9. The highest BCUT2D eigenvalue weighted by Gasteiger charge is 2.10. The van der Waals surface area contributed by atoms with Gasteiger partial charge in [-0.1, -0.05) is 35.0 Å². The molecule has 1 aromatic heterocycles. The molecule has 3 rings (SSSR count). The average molecular weight is 339 g/mol. The number of amides is 1. The second-order valence-corrected chi connectivity index (χ2v) is 5.78. The van der Waals surface area contributed by atoms with E-state index >= 15 is 0 Å². The van der Waals surface area contributed by atoms with E-state index in [1.165, 1.54) is 17.7 Å². The molecule has 25 heavy (non-hydrogen) atoms. The number of halogens is 1. The van der Waals surface area contributed by atoms with Crippen molar-refractivity contribution in [1.82, 2.24) is 15.5 Å². The van der Waals surface area contributed by atoms with Gasteiger partial charge in [0.25, 0.3) is 0 Å². The Morgan fingerprint density at radius 3 is 2.56 bits per heavy atom. The fraction of sp³-hybridized carbons (Fsp3) is 0.211. The lowest BCUT2D eigenvalue weighted by Gasteiger charge is -2.04. The van der Waals surface area contributed by atoms with Crippen molar-refractivity contribution in [1.29, 1.82) is 0 Å². The topological polar surface area (TPSA) is 68.0 Å². The van der Waals surface area contributed by atoms with Gasteiger partial charge in [0.2, 0.25) is 17.6 Å². The summed E-state index contributed by atoms with van der Waals surface area (Å²) in [4.78, 5) is 16.2. The third-order valence-corrected chi connectivity index (χ3v) is 3.75. The fourth-order valence-electron chi connectivity index (χ4n) is 2.29. The van der Waals surface area contributed by atoms with Crippen molar-refractivity contribution < 1.29 is 13.7 Å². The predicted molar refractivity (Wildman–Crippen MR) is 91.0 cm³/mol. The molecule has 0 saturated carbocycles. The largest absolute Gasteiger partial charge is 0.352 e. The van der Waals surface area contributed by atoms with Crippen molar-refractivity contribution in [2.75, 3.05) is 0 Å². The number of hydrogen-bond donors (Lipinski definition) is 1. The molecule has 0 atom stereocenters. The minimum Gasteiger partial charge on any atom is -0.352 e. The molecule has 1 heterocycles. The van der Waals surface area contributed by atoms with E-state index in [1.54, 1.807) is 12.1 Å². The van der Waals surface area contributed by atoms with E-state index in [4.69, 9.17) is 4.52 Å². The maximum Gasteiger partial charge on any atom is 0.227 e. The highest BCUT2D eigenvalue weighted by Crippen LogP contribution is 2.16. The van der Waals surface area contributed by atoms with Crippen LogP contribution in [0.15, 0.2) is 53.1 Å². The van der Waals surface area contributed by atoms with Crippen LogP contribution in [0.1, 0.15) is 23.4 Å². The average Bonchev–Trinajstić information content (AvgIpc) is 3.09. The van der Waals surface area contributed by atoms with Crippen molar-refractivity contribution >= 4 is 5.91 Å². The molecule has 0 aliphatic carbocycles. The van der Waals surface area contributed by atoms with E-state index in [0.717, 1.165) is 5.56 Å². The Morgan fingerprint density at radius 2 is 1.84 bits per heavy atom. The van der Waals surface area contributed by atoms with Gasteiger partial charge in [-0.25, -0.2) is 4.39 Å². The number of nitrogens with one attached hydrogen (secondary N) is 1. The lowest BCUT2D eigenvalue weighted by molar-refractivity contribution is -0.121. The first kappa shape index (κ1) is 16.8. The summed E-state index contributed by atoms with van der Waals surface area (Å²) >= 11 is 0. The van der Waals surface area contributed by atoms with Gasteiger partial charge in [-0.2, -0.15) is 4.98 Å². The number of benzene rings is 2. The van der Waals surface area contributed by atoms with Crippen LogP contribution in [0.3, 0.4) is 0 Å². The Bertz CT molecular complexity index is 842. The Hall–Kier alpha value is -3.02. The summed E-state index contributed by atoms with van der Waals surface area (Å²) < 4.78 is 18.1. The molecule has 0 spiro atoms. The van der Waals surface area contributed by atoms with Gasteiger partial charge < -0.3 is 9.84 Å². The zero-order valence-electron chi connectivity index (χ0n) is 13.8. The number of aryl methyl sites for hydroxylation is 2. The summed E-state index contributed by atoms with van der Waals surface area (Å²) in [7, 11) is 0. The number of carbonyl (C=O) groups is 1. The van der Waals surface area contributed by atoms with Gasteiger partial charge in [-0.05, 0) is 36.8 Å². The Morgan fingerprint density at radius 1 is 1.12 bits per heavy atom. The van der Waals surface area contributed by atoms with Crippen LogP contribution in [0.5, 0.6) is 0 Å². The van der Waals surface area contributed by atoms with Gasteiger partial charge in [-0.3, -0.25) is 4.79 Å². The van der Waals surface area contributed by atoms with Crippen LogP contribution in [-0.2, 0) is 17.8 Å². The third kappa shape index (κ3) is 4.73. The highest BCUT2D eigenvalue weighted by molar-refractivity contribution is 5.76. The fourth-order valence-corrected chi connectivity index (χ4v) is 2.29. The van der Waals surface area contributed by atoms with E-state index in [-0.39, 0.29) is 18.1 Å². The molecule has 6 heteroatoms. The smallest absolute Gasteiger partial charge is 0.227 e. The van der Waals surface area contributed by atoms with Crippen molar-refractivity contribution in [2.24, 2.45) is 0 Å². The van der Waals surface area contributed by atoms with Crippen molar-refractivity contribution in [3.8, 4) is 11.4 Å². The van der Waals surface area contributed by atoms with Crippen molar-refractivity contribution in [3.05, 3.63) is 71.4 Å². The number of nitrogens with zero attached hydrogens (tertiary/aromatic N) is 2. The molecule has 1 N–H and O–H groups in total. The zero-order chi connectivity index (χ0) is 17.6. The van der Waals surface area contributed by atoms with Gasteiger partial charge in [0.1, 0.15) is 5.82 Å². The van der Waals surface area contributed by atoms with Crippen LogP contribution in [0.4, 0.5) is 4.39 Å². The van der Waals surface area contributed by atoms with Crippen molar-refractivity contribution in [2.45, 2.75) is 26.3 Å². The lowest BCUT2D eigenvalue weighted by atomic mass is 10.1. The monoisotopic (exact) mass is 339 g/mol. The van der Waals surface area contributed by atoms with E-state index in [0.29, 0.717) is 30.2 Å². The van der Waals surface area contributed by atoms with Crippen LogP contribution >= 0.6 is 0 Å². The molecule has 128 valence electrons. The van der Waals surface area contributed by atoms with Crippen molar-refractivity contribution in [3.63, 3.8) is 0 Å². The first-order valence-electron chi connectivity index (χ1n) is 8.01. The summed E-state index contributed by atoms with van der Waals surface area (Å²) in [6.07, 6.45) is 0.616. The molecular weight excluding hydrogens is 321 g/mol. The van der Waals surface area contributed by atoms with Gasteiger partial charge >= 0.3 is 0 Å². The first-order chi connectivity index (χ1) is 12.1. The quantitative estimate of drug-likeness (QED) is 0.747. The minimum absolute atomic E-state index is 0.0814. The summed E-state index contributed by atoms with van der Waals surface area (Å²) in [6, 6.07) is 13.8. The molecular formula is C19H18FN3O2. The van der Waals surface area contributed by atoms with Crippen LogP contribution in [-0.4, -0.2) is 16.0 Å². The maximum absolute atomic E-state index is 12.9. The Kier molecular flexibility index (Phi) is 5.18. The van der Waals surface area contributed by atoms with E-state index < -0.39 is 0 Å². The van der Waals surface area contributed by atoms with E-state index in [2.05, 4.69) is 15.5 Å². The Balaban J connectivity index is 1.49. The predicted octanol–water partition coefficient (Wildman–Crippen LogP) is 3.43. The van der Waals surface area contributed by atoms with E-state index in [1.807, 2.05) is 31.2 Å². The molecule has 0 radical (unpaired) electrons. The number of rotatable bonds is 6. The van der Waals surface area contributed by atoms with E-state index in [9.17, 15) is 9.18 Å². The lowest BCUT2D eigenvalue weighted by Crippen LogP contribution is -2.23. The first-order valence-corrected chi connectivity index (χ1v) is 8.01. The summed E-state index contributed by atoms with van der Waals surface area (Å²) in [5.41, 5.74) is 2.90. The second kappa shape index (κ2) is 7.70. The molecule has 0 aliphatic rings. The van der Waals surface area contributed by atoms with Crippen LogP contribution in [0.2, 0.25) is 0 Å². The molecule has 0 fully saturated rings. The number of aromatic nitrogens is 2. The van der Waals surface area contributed by atoms with Gasteiger partial charge in [0, 0.05) is 24.9 Å².